The second kappa shape index (κ2) is 3.61. The molecular weight excluding hydrogens is 194 g/mol. The first-order chi connectivity index (χ1) is 7.18. The van der Waals surface area contributed by atoms with Gasteiger partial charge in [0, 0.05) is 24.3 Å². The molecule has 0 spiro atoms. The quantitative estimate of drug-likeness (QED) is 0.653. The van der Waals surface area contributed by atoms with Gasteiger partial charge in [-0.15, -0.1) is 0 Å². The largest absolute Gasteiger partial charge is 0.399 e. The van der Waals surface area contributed by atoms with Crippen molar-refractivity contribution in [3.8, 4) is 0 Å². The van der Waals surface area contributed by atoms with Crippen LogP contribution >= 0.6 is 0 Å². The molecule has 0 aliphatic carbocycles. The summed E-state index contributed by atoms with van der Waals surface area (Å²) >= 11 is 0. The van der Waals surface area contributed by atoms with E-state index in [0.717, 1.165) is 0 Å². The highest BCUT2D eigenvalue weighted by molar-refractivity contribution is 6.05. The minimum absolute atomic E-state index is 0.308. The minimum Gasteiger partial charge on any atom is -0.399 e. The molecule has 0 unspecified atom stereocenters. The Balaban J connectivity index is 2.24. The Hall–Kier alpha value is -2.04. The summed E-state index contributed by atoms with van der Waals surface area (Å²) in [7, 11) is 0. The van der Waals surface area contributed by atoms with Crippen LogP contribution in [0.5, 0.6) is 0 Å². The third kappa shape index (κ3) is 1.76. The molecule has 5 nitrogen and oxygen atoms in total. The zero-order valence-electron chi connectivity index (χ0n) is 8.06. The van der Waals surface area contributed by atoms with Crippen molar-refractivity contribution in [1.29, 1.82) is 0 Å². The molecule has 1 fully saturated rings. The SMILES string of the molecule is Nc1cccc(C(=O)N2CCNC2=O)c1. The van der Waals surface area contributed by atoms with Gasteiger partial charge in [-0.2, -0.15) is 0 Å². The number of carbonyl (C=O) groups excluding carboxylic acids is 2. The Kier molecular flexibility index (Phi) is 2.29. The second-order valence-electron chi connectivity index (χ2n) is 3.31. The number of hydrogen-bond acceptors (Lipinski definition) is 3. The molecule has 3 N–H and O–H groups in total. The number of rotatable bonds is 1. The summed E-state index contributed by atoms with van der Waals surface area (Å²) < 4.78 is 0. The second-order valence-corrected chi connectivity index (χ2v) is 3.31. The Bertz CT molecular complexity index is 417. The zero-order chi connectivity index (χ0) is 10.8. The summed E-state index contributed by atoms with van der Waals surface area (Å²) in [6, 6.07) is 6.25. The van der Waals surface area contributed by atoms with Crippen molar-refractivity contribution < 1.29 is 9.59 Å². The average Bonchev–Trinajstić information content (AvgIpc) is 2.63. The molecule has 1 heterocycles. The predicted octanol–water partition coefficient (Wildman–Crippen LogP) is 0.434. The number of urea groups is 1. The van der Waals surface area contributed by atoms with Gasteiger partial charge in [0.05, 0.1) is 0 Å². The van der Waals surface area contributed by atoms with Crippen molar-refractivity contribution in [1.82, 2.24) is 10.2 Å². The molecule has 1 saturated heterocycles. The monoisotopic (exact) mass is 205 g/mol. The number of hydrogen-bond donors (Lipinski definition) is 2. The molecule has 5 heteroatoms. The van der Waals surface area contributed by atoms with Crippen molar-refractivity contribution in [2.24, 2.45) is 0 Å². The van der Waals surface area contributed by atoms with Crippen LogP contribution in [0, 0.1) is 0 Å². The lowest BCUT2D eigenvalue weighted by Crippen LogP contribution is -2.34. The number of imide groups is 1. The number of benzene rings is 1. The Morgan fingerprint density at radius 3 is 2.87 bits per heavy atom. The van der Waals surface area contributed by atoms with Crippen molar-refractivity contribution in [2.75, 3.05) is 18.8 Å². The van der Waals surface area contributed by atoms with Crippen LogP contribution < -0.4 is 11.1 Å². The Morgan fingerprint density at radius 2 is 2.27 bits per heavy atom. The minimum atomic E-state index is -0.345. The van der Waals surface area contributed by atoms with Gasteiger partial charge in [-0.3, -0.25) is 9.69 Å². The number of anilines is 1. The van der Waals surface area contributed by atoms with E-state index in [4.69, 9.17) is 5.73 Å². The van der Waals surface area contributed by atoms with E-state index >= 15 is 0 Å². The molecule has 0 aromatic heterocycles. The van der Waals surface area contributed by atoms with Gasteiger partial charge in [-0.25, -0.2) is 4.79 Å². The molecule has 0 saturated carbocycles. The number of amides is 3. The van der Waals surface area contributed by atoms with Gasteiger partial charge >= 0.3 is 6.03 Å². The number of nitrogens with two attached hydrogens (primary N) is 1. The van der Waals surface area contributed by atoms with Gasteiger partial charge in [0.2, 0.25) is 0 Å². The van der Waals surface area contributed by atoms with Gasteiger partial charge in [0.15, 0.2) is 0 Å². The Morgan fingerprint density at radius 1 is 1.47 bits per heavy atom. The summed E-state index contributed by atoms with van der Waals surface area (Å²) in [6.45, 7) is 0.916. The van der Waals surface area contributed by atoms with E-state index in [-0.39, 0.29) is 11.9 Å². The van der Waals surface area contributed by atoms with Crippen molar-refractivity contribution in [3.63, 3.8) is 0 Å². The molecular formula is C10H11N3O2. The van der Waals surface area contributed by atoms with Crippen LogP contribution in [0.2, 0.25) is 0 Å². The van der Waals surface area contributed by atoms with Gasteiger partial charge < -0.3 is 11.1 Å². The van der Waals surface area contributed by atoms with Crippen LogP contribution in [-0.2, 0) is 0 Å². The third-order valence-electron chi connectivity index (χ3n) is 2.24. The molecule has 0 radical (unpaired) electrons. The number of carbonyl (C=O) groups is 2. The van der Waals surface area contributed by atoms with Gasteiger partial charge in [0.1, 0.15) is 0 Å². The molecule has 1 aliphatic heterocycles. The molecule has 1 aromatic rings. The van der Waals surface area contributed by atoms with E-state index in [1.54, 1.807) is 24.3 Å². The lowest BCUT2D eigenvalue weighted by atomic mass is 10.2. The lowest BCUT2D eigenvalue weighted by Gasteiger charge is -2.11. The summed E-state index contributed by atoms with van der Waals surface area (Å²) in [6.07, 6.45) is 0. The smallest absolute Gasteiger partial charge is 0.324 e. The average molecular weight is 205 g/mol. The molecule has 0 bridgehead atoms. The fraction of sp³-hybridized carbons (Fsp3) is 0.200. The highest BCUT2D eigenvalue weighted by Gasteiger charge is 2.26. The standard InChI is InChI=1S/C10H11N3O2/c11-8-3-1-2-7(6-8)9(14)13-5-4-12-10(13)15/h1-3,6H,4-5,11H2,(H,12,15). The fourth-order valence-corrected chi connectivity index (χ4v) is 1.49. The van der Waals surface area contributed by atoms with E-state index in [9.17, 15) is 9.59 Å². The van der Waals surface area contributed by atoms with Crippen molar-refractivity contribution >= 4 is 17.6 Å². The van der Waals surface area contributed by atoms with Gasteiger partial charge in [0.25, 0.3) is 5.91 Å². The van der Waals surface area contributed by atoms with Crippen molar-refractivity contribution in [3.05, 3.63) is 29.8 Å². The van der Waals surface area contributed by atoms with E-state index in [0.29, 0.717) is 24.3 Å². The first-order valence-electron chi connectivity index (χ1n) is 4.64. The molecule has 78 valence electrons. The summed E-state index contributed by atoms with van der Waals surface area (Å²) in [5.74, 6) is -0.308. The van der Waals surface area contributed by atoms with Crippen LogP contribution in [0.15, 0.2) is 24.3 Å². The van der Waals surface area contributed by atoms with Gasteiger partial charge in [-0.1, -0.05) is 6.07 Å². The third-order valence-corrected chi connectivity index (χ3v) is 2.24. The van der Waals surface area contributed by atoms with Gasteiger partial charge in [-0.05, 0) is 18.2 Å². The zero-order valence-corrected chi connectivity index (χ0v) is 8.06. The summed E-state index contributed by atoms with van der Waals surface area (Å²) in [5, 5.41) is 2.57. The van der Waals surface area contributed by atoms with Crippen LogP contribution in [-0.4, -0.2) is 29.9 Å². The molecule has 2 rings (SSSR count). The normalized spacial score (nSPS) is 15.2. The fourth-order valence-electron chi connectivity index (χ4n) is 1.49. The van der Waals surface area contributed by atoms with Crippen LogP contribution in [0.1, 0.15) is 10.4 Å². The molecule has 1 aliphatic rings. The predicted molar refractivity (Wildman–Crippen MR) is 55.3 cm³/mol. The van der Waals surface area contributed by atoms with E-state index in [1.807, 2.05) is 0 Å². The maximum Gasteiger partial charge on any atom is 0.324 e. The number of nitrogens with one attached hydrogen (secondary N) is 1. The highest BCUT2D eigenvalue weighted by atomic mass is 16.2. The van der Waals surface area contributed by atoms with E-state index < -0.39 is 0 Å². The first-order valence-corrected chi connectivity index (χ1v) is 4.64. The van der Waals surface area contributed by atoms with E-state index in [1.165, 1.54) is 4.90 Å². The molecule has 0 atom stereocenters. The number of nitrogen functional groups attached to an aromatic ring is 1. The van der Waals surface area contributed by atoms with Crippen LogP contribution in [0.4, 0.5) is 10.5 Å². The van der Waals surface area contributed by atoms with E-state index in [2.05, 4.69) is 5.32 Å². The van der Waals surface area contributed by atoms with Crippen molar-refractivity contribution in [2.45, 2.75) is 0 Å². The summed E-state index contributed by atoms with van der Waals surface area (Å²) in [4.78, 5) is 24.2. The van der Waals surface area contributed by atoms with Crippen LogP contribution in [0.3, 0.4) is 0 Å². The maximum absolute atomic E-state index is 11.8. The maximum atomic E-state index is 11.8. The Labute approximate surface area is 86.9 Å². The first kappa shape index (κ1) is 9.51. The molecule has 3 amide bonds. The summed E-state index contributed by atoms with van der Waals surface area (Å²) in [5.41, 5.74) is 6.51. The molecule has 15 heavy (non-hydrogen) atoms. The molecule has 1 aromatic carbocycles. The topological polar surface area (TPSA) is 75.4 Å². The highest BCUT2D eigenvalue weighted by Crippen LogP contribution is 2.11. The van der Waals surface area contributed by atoms with Crippen LogP contribution in [0.25, 0.3) is 0 Å². The lowest BCUT2D eigenvalue weighted by molar-refractivity contribution is 0.0829. The number of nitrogens with zero attached hydrogens (tertiary/aromatic N) is 1.